The van der Waals surface area contributed by atoms with Gasteiger partial charge in [0.2, 0.25) is 5.91 Å². The Morgan fingerprint density at radius 2 is 2.25 bits per heavy atom. The molecule has 0 aromatic carbocycles. The first-order valence-corrected chi connectivity index (χ1v) is 5.84. The maximum absolute atomic E-state index is 12.0. The third kappa shape index (κ3) is 1.72. The van der Waals surface area contributed by atoms with E-state index in [9.17, 15) is 9.59 Å². The van der Waals surface area contributed by atoms with Crippen LogP contribution in [0.1, 0.15) is 32.1 Å². The number of nitrogens with one attached hydrogen (secondary N) is 1. The number of hydrogen-bond acceptors (Lipinski definition) is 2. The van der Waals surface area contributed by atoms with Crippen molar-refractivity contribution in [2.24, 2.45) is 0 Å². The Labute approximate surface area is 95.7 Å². The number of carbonyl (C=O) groups is 2. The molecule has 0 spiro atoms. The molecule has 1 atom stereocenters. The Bertz CT molecular complexity index is 360. The van der Waals surface area contributed by atoms with Crippen LogP contribution in [0.2, 0.25) is 0 Å². The topological polar surface area (TPSA) is 49.4 Å². The van der Waals surface area contributed by atoms with E-state index in [4.69, 9.17) is 0 Å². The van der Waals surface area contributed by atoms with Crippen molar-refractivity contribution in [3.63, 3.8) is 0 Å². The fraction of sp³-hybridized carbons (Fsp3) is 0.667. The summed E-state index contributed by atoms with van der Waals surface area (Å²) in [7, 11) is 3.45. The highest BCUT2D eigenvalue weighted by atomic mass is 16.2. The van der Waals surface area contributed by atoms with Crippen LogP contribution in [-0.2, 0) is 9.59 Å². The lowest BCUT2D eigenvalue weighted by molar-refractivity contribution is -0.127. The van der Waals surface area contributed by atoms with Crippen LogP contribution >= 0.6 is 0 Å². The summed E-state index contributed by atoms with van der Waals surface area (Å²) >= 11 is 0. The second-order valence-corrected chi connectivity index (χ2v) is 4.53. The van der Waals surface area contributed by atoms with E-state index in [0.717, 1.165) is 24.8 Å². The van der Waals surface area contributed by atoms with Gasteiger partial charge in [-0.15, -0.1) is 0 Å². The van der Waals surface area contributed by atoms with Gasteiger partial charge in [0.05, 0.1) is 12.5 Å². The van der Waals surface area contributed by atoms with Gasteiger partial charge in [0.15, 0.2) is 0 Å². The van der Waals surface area contributed by atoms with Crippen molar-refractivity contribution in [3.8, 4) is 0 Å². The van der Waals surface area contributed by atoms with E-state index in [1.165, 1.54) is 12.0 Å². The number of nitrogens with zero attached hydrogens (tertiary/aromatic N) is 1. The van der Waals surface area contributed by atoms with Gasteiger partial charge in [-0.25, -0.2) is 0 Å². The summed E-state index contributed by atoms with van der Waals surface area (Å²) in [4.78, 5) is 25.2. The molecule has 0 bridgehead atoms. The molecule has 1 N–H and O–H groups in total. The lowest BCUT2D eigenvalue weighted by atomic mass is 9.88. The highest BCUT2D eigenvalue weighted by molar-refractivity contribution is 6.02. The molecule has 1 unspecified atom stereocenters. The van der Waals surface area contributed by atoms with Crippen LogP contribution in [0.4, 0.5) is 0 Å². The summed E-state index contributed by atoms with van der Waals surface area (Å²) in [6.45, 7) is 0. The fourth-order valence-electron chi connectivity index (χ4n) is 2.70. The molecule has 1 aliphatic carbocycles. The Morgan fingerprint density at radius 1 is 1.50 bits per heavy atom. The summed E-state index contributed by atoms with van der Waals surface area (Å²) in [5.41, 5.74) is 1.95. The van der Waals surface area contributed by atoms with E-state index >= 15 is 0 Å². The van der Waals surface area contributed by atoms with Gasteiger partial charge in [0.1, 0.15) is 0 Å². The lowest BCUT2D eigenvalue weighted by Gasteiger charge is -2.26. The van der Waals surface area contributed by atoms with Crippen molar-refractivity contribution in [2.75, 3.05) is 14.1 Å². The first-order valence-electron chi connectivity index (χ1n) is 5.84. The second-order valence-electron chi connectivity index (χ2n) is 4.53. The largest absolute Gasteiger partial charge is 0.359 e. The van der Waals surface area contributed by atoms with Gasteiger partial charge in [0.25, 0.3) is 5.91 Å². The molecule has 88 valence electrons. The molecule has 0 saturated heterocycles. The summed E-state index contributed by atoms with van der Waals surface area (Å²) in [5.74, 6) is -0.0269. The van der Waals surface area contributed by atoms with Crippen LogP contribution in [-0.4, -0.2) is 36.9 Å². The molecule has 1 saturated carbocycles. The first kappa shape index (κ1) is 11.2. The predicted octanol–water partition coefficient (Wildman–Crippen LogP) is 0.834. The van der Waals surface area contributed by atoms with Crippen molar-refractivity contribution in [1.82, 2.24) is 10.2 Å². The lowest BCUT2D eigenvalue weighted by Crippen LogP contribution is -2.33. The molecular formula is C12H18N2O2. The Morgan fingerprint density at radius 3 is 2.94 bits per heavy atom. The second kappa shape index (κ2) is 4.28. The number of carbonyl (C=O) groups excluding carboxylic acids is 2. The van der Waals surface area contributed by atoms with E-state index in [0.29, 0.717) is 0 Å². The molecule has 2 aliphatic rings. The molecule has 1 heterocycles. The van der Waals surface area contributed by atoms with E-state index in [1.807, 2.05) is 7.05 Å². The van der Waals surface area contributed by atoms with Crippen molar-refractivity contribution in [1.29, 1.82) is 0 Å². The van der Waals surface area contributed by atoms with Gasteiger partial charge < -0.3 is 10.2 Å². The maximum Gasteiger partial charge on any atom is 0.250 e. The Balaban J connectivity index is 2.25. The third-order valence-corrected chi connectivity index (χ3v) is 3.63. The molecule has 2 amide bonds. The monoisotopic (exact) mass is 222 g/mol. The number of hydrogen-bond donors (Lipinski definition) is 1. The molecule has 16 heavy (non-hydrogen) atoms. The molecule has 1 aliphatic heterocycles. The zero-order valence-corrected chi connectivity index (χ0v) is 9.88. The van der Waals surface area contributed by atoms with Crippen LogP contribution in [0.5, 0.6) is 0 Å². The minimum atomic E-state index is -0.0736. The molecule has 0 radical (unpaired) electrons. The molecule has 2 rings (SSSR count). The van der Waals surface area contributed by atoms with Crippen molar-refractivity contribution >= 4 is 11.8 Å². The van der Waals surface area contributed by atoms with Crippen LogP contribution < -0.4 is 5.32 Å². The molecular weight excluding hydrogens is 204 g/mol. The molecule has 4 heteroatoms. The average molecular weight is 222 g/mol. The predicted molar refractivity (Wildman–Crippen MR) is 60.7 cm³/mol. The van der Waals surface area contributed by atoms with Crippen molar-refractivity contribution in [2.45, 2.75) is 38.1 Å². The molecule has 0 aromatic rings. The van der Waals surface area contributed by atoms with Crippen LogP contribution in [0, 0.1) is 0 Å². The molecule has 4 nitrogen and oxygen atoms in total. The quantitative estimate of drug-likeness (QED) is 0.752. The number of likely N-dealkylation sites (N-methyl/N-ethyl adjacent to an activating group) is 1. The molecule has 1 fully saturated rings. The zero-order valence-electron chi connectivity index (χ0n) is 9.88. The summed E-state index contributed by atoms with van der Waals surface area (Å²) < 4.78 is 0. The highest BCUT2D eigenvalue weighted by Crippen LogP contribution is 2.36. The zero-order chi connectivity index (χ0) is 11.7. The first-order chi connectivity index (χ1) is 7.65. The number of rotatable bonds is 2. The van der Waals surface area contributed by atoms with Gasteiger partial charge in [-0.3, -0.25) is 9.59 Å². The van der Waals surface area contributed by atoms with E-state index in [2.05, 4.69) is 5.32 Å². The number of fused-ring (bicyclic) bond motifs is 1. The summed E-state index contributed by atoms with van der Waals surface area (Å²) in [5, 5.41) is 2.58. The fourth-order valence-corrected chi connectivity index (χ4v) is 2.70. The van der Waals surface area contributed by atoms with Crippen LogP contribution in [0.15, 0.2) is 11.1 Å². The van der Waals surface area contributed by atoms with Gasteiger partial charge >= 0.3 is 0 Å². The van der Waals surface area contributed by atoms with E-state index in [-0.39, 0.29) is 24.3 Å². The summed E-state index contributed by atoms with van der Waals surface area (Å²) in [6.07, 6.45) is 4.59. The van der Waals surface area contributed by atoms with E-state index in [1.54, 1.807) is 11.9 Å². The highest BCUT2D eigenvalue weighted by Gasteiger charge is 2.37. The van der Waals surface area contributed by atoms with Gasteiger partial charge in [-0.05, 0) is 24.8 Å². The standard InChI is InChI=1S/C12H18N2O2/c1-13-11(15)7-9-8-5-3-4-6-10(8)14(2)12(9)16/h10H,3-7H2,1-2H3,(H,13,15). The van der Waals surface area contributed by atoms with Gasteiger partial charge in [-0.1, -0.05) is 6.42 Å². The van der Waals surface area contributed by atoms with Crippen LogP contribution in [0.3, 0.4) is 0 Å². The minimum absolute atomic E-state index is 0.0468. The maximum atomic E-state index is 12.0. The average Bonchev–Trinajstić information content (AvgIpc) is 2.55. The van der Waals surface area contributed by atoms with Crippen molar-refractivity contribution in [3.05, 3.63) is 11.1 Å². The minimum Gasteiger partial charge on any atom is -0.359 e. The smallest absolute Gasteiger partial charge is 0.250 e. The van der Waals surface area contributed by atoms with E-state index < -0.39 is 0 Å². The Hall–Kier alpha value is -1.32. The SMILES string of the molecule is CNC(=O)CC1=C2CCCCC2N(C)C1=O. The van der Waals surface area contributed by atoms with Crippen molar-refractivity contribution < 1.29 is 9.59 Å². The number of amides is 2. The van der Waals surface area contributed by atoms with Gasteiger partial charge in [-0.2, -0.15) is 0 Å². The van der Waals surface area contributed by atoms with Crippen LogP contribution in [0.25, 0.3) is 0 Å². The normalized spacial score (nSPS) is 24.8. The van der Waals surface area contributed by atoms with Gasteiger partial charge in [0, 0.05) is 19.7 Å². The third-order valence-electron chi connectivity index (χ3n) is 3.63. The summed E-state index contributed by atoms with van der Waals surface area (Å²) in [6, 6.07) is 0.265. The molecule has 0 aromatic heterocycles. The Kier molecular flexibility index (Phi) is 2.99.